The van der Waals surface area contributed by atoms with Gasteiger partial charge in [0.15, 0.2) is 0 Å². The van der Waals surface area contributed by atoms with Crippen molar-refractivity contribution in [1.82, 2.24) is 9.73 Å². The van der Waals surface area contributed by atoms with Gasteiger partial charge in [-0.15, -0.1) is 0 Å². The number of nitrogens with zero attached hydrogens (tertiary/aromatic N) is 3. The fourth-order valence-electron chi connectivity index (χ4n) is 3.18. The zero-order valence-electron chi connectivity index (χ0n) is 13.5. The molecule has 0 bridgehead atoms. The van der Waals surface area contributed by atoms with Crippen molar-refractivity contribution in [2.75, 3.05) is 13.1 Å². The van der Waals surface area contributed by atoms with Gasteiger partial charge < -0.3 is 5.11 Å². The van der Waals surface area contributed by atoms with E-state index >= 15 is 0 Å². The third-order valence-electron chi connectivity index (χ3n) is 4.43. The van der Waals surface area contributed by atoms with E-state index in [4.69, 9.17) is 0 Å². The molecule has 0 unspecified atom stereocenters. The first kappa shape index (κ1) is 16.2. The van der Waals surface area contributed by atoms with E-state index in [1.807, 2.05) is 24.1 Å². The van der Waals surface area contributed by atoms with E-state index < -0.39 is 0 Å². The highest BCUT2D eigenvalue weighted by atomic mass is 32.2. The maximum Gasteiger partial charge on any atom is 0.225 e. The molecule has 0 aromatic heterocycles. The molecule has 0 amide bonds. The second-order valence-corrected chi connectivity index (χ2v) is 7.10. The lowest BCUT2D eigenvalue weighted by Crippen LogP contribution is -2.39. The van der Waals surface area contributed by atoms with Gasteiger partial charge in [0.2, 0.25) is 5.96 Å². The van der Waals surface area contributed by atoms with Crippen LogP contribution in [0.15, 0.2) is 39.3 Å². The number of hydrazone groups is 1. The minimum atomic E-state index is 0.248. The minimum absolute atomic E-state index is 0.248. The minimum Gasteiger partial charge on any atom is -0.508 e. The normalized spacial score (nSPS) is 20.2. The molecule has 3 rings (SSSR count). The summed E-state index contributed by atoms with van der Waals surface area (Å²) in [5.74, 6) is 1.09. The SMILES string of the molecule is CCN=C(NSc1ccc(O)cc1)N1CC2(C=N1)CCCCC2. The summed E-state index contributed by atoms with van der Waals surface area (Å²) in [5.41, 5.74) is 0.248. The lowest BCUT2D eigenvalue weighted by Gasteiger charge is -2.31. The molecular weight excluding hydrogens is 308 g/mol. The van der Waals surface area contributed by atoms with Crippen molar-refractivity contribution >= 4 is 24.1 Å². The first-order valence-electron chi connectivity index (χ1n) is 8.30. The quantitative estimate of drug-likeness (QED) is 0.504. The molecular formula is C17H24N4OS. The zero-order valence-corrected chi connectivity index (χ0v) is 14.4. The highest BCUT2D eigenvalue weighted by Gasteiger charge is 2.37. The van der Waals surface area contributed by atoms with Crippen LogP contribution in [0, 0.1) is 5.41 Å². The molecule has 6 heteroatoms. The molecule has 1 heterocycles. The van der Waals surface area contributed by atoms with Crippen LogP contribution in [0.5, 0.6) is 5.75 Å². The Labute approximate surface area is 142 Å². The first-order valence-corrected chi connectivity index (χ1v) is 9.11. The van der Waals surface area contributed by atoms with Crippen molar-refractivity contribution in [3.05, 3.63) is 24.3 Å². The Kier molecular flexibility index (Phi) is 5.10. The highest BCUT2D eigenvalue weighted by molar-refractivity contribution is 7.98. The molecule has 2 aliphatic rings. The van der Waals surface area contributed by atoms with Crippen LogP contribution in [0.2, 0.25) is 0 Å². The molecule has 1 saturated carbocycles. The predicted octanol–water partition coefficient (Wildman–Crippen LogP) is 3.62. The van der Waals surface area contributed by atoms with Crippen molar-refractivity contribution in [2.45, 2.75) is 43.9 Å². The fourth-order valence-corrected chi connectivity index (χ4v) is 3.83. The number of phenols is 1. The van der Waals surface area contributed by atoms with Crippen molar-refractivity contribution in [3.63, 3.8) is 0 Å². The molecule has 0 atom stereocenters. The van der Waals surface area contributed by atoms with E-state index in [0.717, 1.165) is 23.9 Å². The summed E-state index contributed by atoms with van der Waals surface area (Å²) in [7, 11) is 0. The summed E-state index contributed by atoms with van der Waals surface area (Å²) in [6.45, 7) is 3.68. The van der Waals surface area contributed by atoms with Gasteiger partial charge in [0.1, 0.15) is 5.75 Å². The molecule has 1 fully saturated rings. The summed E-state index contributed by atoms with van der Waals surface area (Å²) in [6.07, 6.45) is 8.56. The largest absolute Gasteiger partial charge is 0.508 e. The molecule has 1 aromatic carbocycles. The Bertz CT molecular complexity index is 579. The van der Waals surface area contributed by atoms with Crippen LogP contribution < -0.4 is 4.72 Å². The van der Waals surface area contributed by atoms with Gasteiger partial charge in [-0.25, -0.2) is 5.01 Å². The number of guanidine groups is 1. The van der Waals surface area contributed by atoms with E-state index in [2.05, 4.69) is 21.0 Å². The third-order valence-corrected chi connectivity index (χ3v) is 5.23. The summed E-state index contributed by atoms with van der Waals surface area (Å²) >= 11 is 1.49. The van der Waals surface area contributed by atoms with Gasteiger partial charge in [0, 0.05) is 23.1 Å². The van der Waals surface area contributed by atoms with Gasteiger partial charge in [-0.3, -0.25) is 9.71 Å². The average Bonchev–Trinajstić information content (AvgIpc) is 2.97. The van der Waals surface area contributed by atoms with Crippen LogP contribution >= 0.6 is 11.9 Å². The average molecular weight is 332 g/mol. The number of phenolic OH excluding ortho intramolecular Hbond substituents is 1. The van der Waals surface area contributed by atoms with E-state index in [0.29, 0.717) is 0 Å². The highest BCUT2D eigenvalue weighted by Crippen LogP contribution is 2.38. The lowest BCUT2D eigenvalue weighted by atomic mass is 9.75. The number of hydrogen-bond donors (Lipinski definition) is 2. The van der Waals surface area contributed by atoms with Crippen LogP contribution in [0.25, 0.3) is 0 Å². The number of aliphatic imine (C=N–C) groups is 1. The molecule has 5 nitrogen and oxygen atoms in total. The molecule has 1 aliphatic heterocycles. The summed E-state index contributed by atoms with van der Waals surface area (Å²) < 4.78 is 3.32. The molecule has 2 N–H and O–H groups in total. The Balaban J connectivity index is 1.62. The Morgan fingerprint density at radius 1 is 1.30 bits per heavy atom. The van der Waals surface area contributed by atoms with Crippen LogP contribution in [-0.2, 0) is 0 Å². The third kappa shape index (κ3) is 3.99. The van der Waals surface area contributed by atoms with Crippen molar-refractivity contribution in [1.29, 1.82) is 0 Å². The maximum atomic E-state index is 9.35. The standard InChI is InChI=1S/C17H24N4OS/c1-2-18-16(20-23-15-8-6-14(22)7-9-15)21-13-17(12-19-21)10-4-3-5-11-17/h6-9,12,22H,2-5,10-11,13H2,1H3,(H,18,20). The Hall–Kier alpha value is -1.69. The molecule has 1 aromatic rings. The molecule has 0 radical (unpaired) electrons. The van der Waals surface area contributed by atoms with E-state index in [1.54, 1.807) is 12.1 Å². The maximum absolute atomic E-state index is 9.35. The summed E-state index contributed by atoms with van der Waals surface area (Å²) in [4.78, 5) is 5.59. The summed E-state index contributed by atoms with van der Waals surface area (Å²) in [6, 6.07) is 7.14. The summed E-state index contributed by atoms with van der Waals surface area (Å²) in [5, 5.41) is 16.0. The molecule has 1 spiro atoms. The van der Waals surface area contributed by atoms with E-state index in [1.165, 1.54) is 44.1 Å². The van der Waals surface area contributed by atoms with E-state index in [9.17, 15) is 5.11 Å². The molecule has 124 valence electrons. The monoisotopic (exact) mass is 332 g/mol. The second-order valence-electron chi connectivity index (χ2n) is 6.22. The lowest BCUT2D eigenvalue weighted by molar-refractivity contribution is 0.254. The topological polar surface area (TPSA) is 60.2 Å². The van der Waals surface area contributed by atoms with Gasteiger partial charge in [-0.2, -0.15) is 5.10 Å². The Morgan fingerprint density at radius 2 is 2.04 bits per heavy atom. The van der Waals surface area contributed by atoms with E-state index in [-0.39, 0.29) is 11.2 Å². The first-order chi connectivity index (χ1) is 11.2. The number of rotatable bonds is 3. The number of aromatic hydroxyl groups is 1. The van der Waals surface area contributed by atoms with Gasteiger partial charge in [-0.1, -0.05) is 19.3 Å². The number of hydrogen-bond acceptors (Lipinski definition) is 4. The van der Waals surface area contributed by atoms with Crippen LogP contribution in [0.4, 0.5) is 0 Å². The zero-order chi connectivity index (χ0) is 16.1. The van der Waals surface area contributed by atoms with Crippen LogP contribution in [-0.4, -0.2) is 35.4 Å². The van der Waals surface area contributed by atoms with Gasteiger partial charge in [0.05, 0.1) is 6.54 Å². The molecule has 23 heavy (non-hydrogen) atoms. The van der Waals surface area contributed by atoms with Crippen LogP contribution in [0.1, 0.15) is 39.0 Å². The second kappa shape index (κ2) is 7.25. The Morgan fingerprint density at radius 3 is 2.74 bits per heavy atom. The van der Waals surface area contributed by atoms with Gasteiger partial charge >= 0.3 is 0 Å². The smallest absolute Gasteiger partial charge is 0.225 e. The predicted molar refractivity (Wildman–Crippen MR) is 95.8 cm³/mol. The van der Waals surface area contributed by atoms with Crippen LogP contribution in [0.3, 0.4) is 0 Å². The van der Waals surface area contributed by atoms with Crippen molar-refractivity contribution < 1.29 is 5.11 Å². The number of benzene rings is 1. The fraction of sp³-hybridized carbons (Fsp3) is 0.529. The van der Waals surface area contributed by atoms with Crippen molar-refractivity contribution in [2.24, 2.45) is 15.5 Å². The van der Waals surface area contributed by atoms with Crippen molar-refractivity contribution in [3.8, 4) is 5.75 Å². The molecule has 1 aliphatic carbocycles. The molecule has 0 saturated heterocycles. The van der Waals surface area contributed by atoms with Gasteiger partial charge in [0.25, 0.3) is 0 Å². The number of nitrogens with one attached hydrogen (secondary N) is 1. The van der Waals surface area contributed by atoms with Gasteiger partial charge in [-0.05, 0) is 56.0 Å².